The molecule has 0 unspecified atom stereocenters. The Balaban J connectivity index is 1.48. The van der Waals surface area contributed by atoms with Gasteiger partial charge in [-0.25, -0.2) is 4.63 Å². The SMILES string of the molecule is Nc1nonc1C(=O)NCCNCc1ccc(-c2cccc(C(F)(F)F)c2)o1. The van der Waals surface area contributed by atoms with Crippen molar-refractivity contribution in [3.8, 4) is 11.3 Å². The lowest BCUT2D eigenvalue weighted by Crippen LogP contribution is -2.32. The number of nitrogens with zero attached hydrogens (tertiary/aromatic N) is 2. The Labute approximate surface area is 156 Å². The van der Waals surface area contributed by atoms with E-state index in [0.29, 0.717) is 30.2 Å². The van der Waals surface area contributed by atoms with Gasteiger partial charge in [-0.1, -0.05) is 12.1 Å². The molecule has 0 aliphatic carbocycles. The fraction of sp³-hybridized carbons (Fsp3) is 0.235. The van der Waals surface area contributed by atoms with Crippen molar-refractivity contribution in [1.82, 2.24) is 20.9 Å². The fourth-order valence-electron chi connectivity index (χ4n) is 2.39. The van der Waals surface area contributed by atoms with Crippen LogP contribution >= 0.6 is 0 Å². The highest BCUT2D eigenvalue weighted by molar-refractivity contribution is 5.95. The lowest BCUT2D eigenvalue weighted by molar-refractivity contribution is -0.137. The number of nitrogen functional groups attached to an aromatic ring is 1. The topological polar surface area (TPSA) is 119 Å². The second-order valence-electron chi connectivity index (χ2n) is 5.78. The zero-order chi connectivity index (χ0) is 20.1. The van der Waals surface area contributed by atoms with Gasteiger partial charge in [-0.15, -0.1) is 0 Å². The van der Waals surface area contributed by atoms with Crippen LogP contribution in [0.25, 0.3) is 11.3 Å². The molecule has 2 aromatic heterocycles. The number of carbonyl (C=O) groups excluding carboxylic acids is 1. The molecule has 0 bridgehead atoms. The molecule has 2 heterocycles. The summed E-state index contributed by atoms with van der Waals surface area (Å²) in [6.45, 7) is 1.03. The summed E-state index contributed by atoms with van der Waals surface area (Å²) in [5, 5.41) is 12.3. The molecule has 28 heavy (non-hydrogen) atoms. The van der Waals surface area contributed by atoms with E-state index in [9.17, 15) is 18.0 Å². The van der Waals surface area contributed by atoms with Crippen LogP contribution in [0.5, 0.6) is 0 Å². The normalized spacial score (nSPS) is 11.5. The predicted octanol–water partition coefficient (Wildman–Crippen LogP) is 2.45. The molecule has 0 spiro atoms. The van der Waals surface area contributed by atoms with E-state index in [4.69, 9.17) is 10.2 Å². The number of nitrogens with one attached hydrogen (secondary N) is 2. The molecule has 0 aliphatic heterocycles. The van der Waals surface area contributed by atoms with Gasteiger partial charge in [0.15, 0.2) is 0 Å². The van der Waals surface area contributed by atoms with Gasteiger partial charge >= 0.3 is 6.18 Å². The highest BCUT2D eigenvalue weighted by Crippen LogP contribution is 2.32. The summed E-state index contributed by atoms with van der Waals surface area (Å²) < 4.78 is 48.3. The van der Waals surface area contributed by atoms with Gasteiger partial charge < -0.3 is 20.8 Å². The van der Waals surface area contributed by atoms with Crippen LogP contribution in [0.3, 0.4) is 0 Å². The average molecular weight is 395 g/mol. The minimum Gasteiger partial charge on any atom is -0.460 e. The van der Waals surface area contributed by atoms with Crippen molar-refractivity contribution in [2.75, 3.05) is 18.8 Å². The molecule has 11 heteroatoms. The third kappa shape index (κ3) is 4.68. The molecule has 148 valence electrons. The molecule has 0 saturated carbocycles. The van der Waals surface area contributed by atoms with Gasteiger partial charge in [0.25, 0.3) is 5.91 Å². The second-order valence-corrected chi connectivity index (χ2v) is 5.78. The molecule has 3 rings (SSSR count). The van der Waals surface area contributed by atoms with Crippen LogP contribution in [0.15, 0.2) is 45.4 Å². The molecule has 0 saturated heterocycles. The van der Waals surface area contributed by atoms with E-state index in [2.05, 4.69) is 25.6 Å². The summed E-state index contributed by atoms with van der Waals surface area (Å²) in [6, 6.07) is 8.20. The summed E-state index contributed by atoms with van der Waals surface area (Å²) in [5.74, 6) is 0.280. The monoisotopic (exact) mass is 395 g/mol. The van der Waals surface area contributed by atoms with E-state index in [-0.39, 0.29) is 18.1 Å². The van der Waals surface area contributed by atoms with Crippen molar-refractivity contribution in [1.29, 1.82) is 0 Å². The maximum atomic E-state index is 12.8. The Kier molecular flexibility index (Phi) is 5.64. The van der Waals surface area contributed by atoms with Crippen LogP contribution in [-0.2, 0) is 12.7 Å². The van der Waals surface area contributed by atoms with Crippen LogP contribution in [0, 0.1) is 0 Å². The minimum absolute atomic E-state index is 0.0863. The summed E-state index contributed by atoms with van der Waals surface area (Å²) in [4.78, 5) is 11.7. The van der Waals surface area contributed by atoms with Crippen molar-refractivity contribution >= 4 is 11.7 Å². The molecule has 1 amide bonds. The molecule has 0 fully saturated rings. The highest BCUT2D eigenvalue weighted by atomic mass is 19.4. The second kappa shape index (κ2) is 8.13. The Morgan fingerprint density at radius 3 is 2.68 bits per heavy atom. The molecule has 0 aliphatic rings. The van der Waals surface area contributed by atoms with Crippen LogP contribution in [0.1, 0.15) is 21.8 Å². The van der Waals surface area contributed by atoms with Crippen LogP contribution in [-0.4, -0.2) is 29.3 Å². The van der Waals surface area contributed by atoms with Crippen molar-refractivity contribution in [3.63, 3.8) is 0 Å². The first-order valence-corrected chi connectivity index (χ1v) is 8.18. The number of anilines is 1. The van der Waals surface area contributed by atoms with Gasteiger partial charge in [-0.3, -0.25) is 4.79 Å². The van der Waals surface area contributed by atoms with Crippen LogP contribution in [0.4, 0.5) is 19.0 Å². The number of aromatic nitrogens is 2. The zero-order valence-electron chi connectivity index (χ0n) is 14.4. The predicted molar refractivity (Wildman–Crippen MR) is 91.9 cm³/mol. The van der Waals surface area contributed by atoms with Gasteiger partial charge in [0.1, 0.15) is 11.5 Å². The van der Waals surface area contributed by atoms with Crippen molar-refractivity contribution in [2.24, 2.45) is 0 Å². The Bertz CT molecular complexity index is 951. The first kappa shape index (κ1) is 19.4. The lowest BCUT2D eigenvalue weighted by Gasteiger charge is -2.07. The molecule has 0 radical (unpaired) electrons. The number of rotatable bonds is 7. The quantitative estimate of drug-likeness (QED) is 0.526. The molecule has 3 aromatic rings. The maximum Gasteiger partial charge on any atom is 0.416 e. The number of hydrogen-bond donors (Lipinski definition) is 3. The number of nitrogens with two attached hydrogens (primary N) is 1. The maximum absolute atomic E-state index is 12.8. The van der Waals surface area contributed by atoms with Crippen LogP contribution in [0.2, 0.25) is 0 Å². The average Bonchev–Trinajstić information content (AvgIpc) is 3.30. The van der Waals surface area contributed by atoms with Gasteiger partial charge in [0.2, 0.25) is 11.5 Å². The molecular formula is C17H16F3N5O3. The fourth-order valence-corrected chi connectivity index (χ4v) is 2.39. The first-order valence-electron chi connectivity index (χ1n) is 8.18. The number of carbonyl (C=O) groups is 1. The number of hydrogen-bond acceptors (Lipinski definition) is 7. The van der Waals surface area contributed by atoms with Crippen LogP contribution < -0.4 is 16.4 Å². The molecule has 1 aromatic carbocycles. The van der Waals surface area contributed by atoms with Gasteiger partial charge in [0, 0.05) is 18.7 Å². The zero-order valence-corrected chi connectivity index (χ0v) is 14.4. The molecule has 8 nitrogen and oxygen atoms in total. The van der Waals surface area contributed by atoms with E-state index in [1.54, 1.807) is 18.2 Å². The van der Waals surface area contributed by atoms with E-state index >= 15 is 0 Å². The van der Waals surface area contributed by atoms with E-state index < -0.39 is 17.6 Å². The summed E-state index contributed by atoms with van der Waals surface area (Å²) in [5.41, 5.74) is 4.93. The smallest absolute Gasteiger partial charge is 0.416 e. The minimum atomic E-state index is -4.41. The number of alkyl halides is 3. The lowest BCUT2D eigenvalue weighted by atomic mass is 10.1. The van der Waals surface area contributed by atoms with E-state index in [0.717, 1.165) is 12.1 Å². The third-order valence-corrected chi connectivity index (χ3v) is 3.75. The summed E-state index contributed by atoms with van der Waals surface area (Å²) in [7, 11) is 0. The van der Waals surface area contributed by atoms with E-state index in [1.165, 1.54) is 6.07 Å². The van der Waals surface area contributed by atoms with Gasteiger partial charge in [-0.2, -0.15) is 13.2 Å². The molecule has 0 atom stereocenters. The number of benzene rings is 1. The van der Waals surface area contributed by atoms with Crippen molar-refractivity contribution in [3.05, 3.63) is 53.4 Å². The van der Waals surface area contributed by atoms with Crippen molar-refractivity contribution in [2.45, 2.75) is 12.7 Å². The van der Waals surface area contributed by atoms with Gasteiger partial charge in [0.05, 0.1) is 12.1 Å². The van der Waals surface area contributed by atoms with Crippen molar-refractivity contribution < 1.29 is 27.0 Å². The standard InChI is InChI=1S/C17H16F3N5O3/c18-17(19,20)11-3-1-2-10(8-11)13-5-4-12(27-13)9-22-6-7-23-16(26)14-15(21)25-28-24-14/h1-5,8,22H,6-7,9H2,(H2,21,25)(H,23,26). The highest BCUT2D eigenvalue weighted by Gasteiger charge is 2.30. The number of halogens is 3. The first-order chi connectivity index (χ1) is 13.3. The Morgan fingerprint density at radius 2 is 1.96 bits per heavy atom. The Hall–Kier alpha value is -3.34. The number of furan rings is 1. The number of amides is 1. The van der Waals surface area contributed by atoms with Gasteiger partial charge in [-0.05, 0) is 34.6 Å². The largest absolute Gasteiger partial charge is 0.460 e. The molecule has 4 N–H and O–H groups in total. The molecular weight excluding hydrogens is 379 g/mol. The third-order valence-electron chi connectivity index (χ3n) is 3.75. The van der Waals surface area contributed by atoms with E-state index in [1.807, 2.05) is 0 Å². The summed E-state index contributed by atoms with van der Waals surface area (Å²) >= 11 is 0. The Morgan fingerprint density at radius 1 is 1.14 bits per heavy atom. The summed E-state index contributed by atoms with van der Waals surface area (Å²) in [6.07, 6.45) is -4.41.